The molecule has 0 N–H and O–H groups in total. The van der Waals surface area contributed by atoms with Gasteiger partial charge in [0.25, 0.3) is 0 Å². The van der Waals surface area contributed by atoms with Crippen LogP contribution >= 0.6 is 0 Å². The van der Waals surface area contributed by atoms with Gasteiger partial charge < -0.3 is 4.57 Å². The largest absolute Gasteiger partial charge is 0.352 e. The Morgan fingerprint density at radius 3 is 2.26 bits per heavy atom. The predicted molar refractivity (Wildman–Crippen MR) is 125 cm³/mol. The molecule has 0 aliphatic carbocycles. The van der Waals surface area contributed by atoms with Crippen molar-refractivity contribution in [2.24, 2.45) is 7.05 Å². The van der Waals surface area contributed by atoms with E-state index in [0.29, 0.717) is 0 Å². The van der Waals surface area contributed by atoms with Crippen LogP contribution in [0.4, 0.5) is 0 Å². The average Bonchev–Trinajstić information content (AvgIpc) is 3.22. The van der Waals surface area contributed by atoms with E-state index in [1.165, 1.54) is 21.7 Å². The van der Waals surface area contributed by atoms with E-state index in [9.17, 15) is 0 Å². The lowest BCUT2D eigenvalue weighted by atomic mass is 10.0. The molecule has 31 heavy (non-hydrogen) atoms. The molecular weight excluding hydrogens is 380 g/mol. The van der Waals surface area contributed by atoms with Gasteiger partial charge in [-0.15, -0.1) is 4.68 Å². The molecule has 0 unspecified atom stereocenters. The second-order valence-corrected chi connectivity index (χ2v) is 7.96. The zero-order valence-corrected chi connectivity index (χ0v) is 17.4. The van der Waals surface area contributed by atoms with E-state index in [1.807, 2.05) is 17.8 Å². The van der Waals surface area contributed by atoms with Crippen LogP contribution in [0.15, 0.2) is 91.1 Å². The van der Waals surface area contributed by atoms with Gasteiger partial charge in [0.15, 0.2) is 5.52 Å². The summed E-state index contributed by atoms with van der Waals surface area (Å²) in [4.78, 5) is 5.08. The topological polar surface area (TPSA) is 34.6 Å². The first-order valence-corrected chi connectivity index (χ1v) is 10.4. The Morgan fingerprint density at radius 2 is 1.48 bits per heavy atom. The standard InChI is InChI=1S/C27H21N4/c1-18-12-13-25-22(14-15-31(25)21-10-4-3-5-11-21)26(18)27-28-23-16-19-8-6-7-9-20(19)17-24(23)29-30(27)2/h3-17H,1-2H3/q+1. The number of rotatable bonds is 2. The minimum absolute atomic E-state index is 0.872. The fourth-order valence-electron chi connectivity index (χ4n) is 4.44. The molecule has 0 atom stereocenters. The van der Waals surface area contributed by atoms with Crippen molar-refractivity contribution >= 4 is 32.7 Å². The number of hydrogen-bond acceptors (Lipinski definition) is 2. The molecule has 6 rings (SSSR count). The van der Waals surface area contributed by atoms with Gasteiger partial charge >= 0.3 is 5.82 Å². The maximum Gasteiger partial charge on any atom is 0.352 e. The molecular formula is C27H21N4+. The fraction of sp³-hybridized carbons (Fsp3) is 0.0741. The van der Waals surface area contributed by atoms with Gasteiger partial charge in [-0.25, -0.2) is 0 Å². The summed E-state index contributed by atoms with van der Waals surface area (Å²) in [7, 11) is 1.98. The predicted octanol–water partition coefficient (Wildman–Crippen LogP) is 5.53. The lowest BCUT2D eigenvalue weighted by Crippen LogP contribution is -2.37. The molecule has 0 radical (unpaired) electrons. The maximum absolute atomic E-state index is 5.08. The van der Waals surface area contributed by atoms with E-state index in [0.717, 1.165) is 33.6 Å². The highest BCUT2D eigenvalue weighted by Crippen LogP contribution is 2.32. The van der Waals surface area contributed by atoms with Crippen LogP contribution in [0.25, 0.3) is 49.8 Å². The molecule has 4 heteroatoms. The zero-order valence-electron chi connectivity index (χ0n) is 17.4. The summed E-state index contributed by atoms with van der Waals surface area (Å²) in [6.45, 7) is 2.14. The lowest BCUT2D eigenvalue weighted by Gasteiger charge is -2.08. The van der Waals surface area contributed by atoms with Crippen molar-refractivity contribution in [1.29, 1.82) is 0 Å². The van der Waals surface area contributed by atoms with E-state index >= 15 is 0 Å². The van der Waals surface area contributed by atoms with Crippen LogP contribution in [-0.2, 0) is 7.05 Å². The summed E-state index contributed by atoms with van der Waals surface area (Å²) in [6, 6.07) is 29.5. The van der Waals surface area contributed by atoms with Crippen molar-refractivity contribution in [2.75, 3.05) is 0 Å². The van der Waals surface area contributed by atoms with Crippen molar-refractivity contribution in [2.45, 2.75) is 6.92 Å². The van der Waals surface area contributed by atoms with Crippen LogP contribution in [0.2, 0.25) is 0 Å². The van der Waals surface area contributed by atoms with Crippen LogP contribution < -0.4 is 4.68 Å². The lowest BCUT2D eigenvalue weighted by molar-refractivity contribution is -0.720. The summed E-state index contributed by atoms with van der Waals surface area (Å²) in [5, 5.41) is 8.39. The molecule has 148 valence electrons. The summed E-state index contributed by atoms with van der Waals surface area (Å²) in [5.74, 6) is 0.872. The van der Waals surface area contributed by atoms with Gasteiger partial charge in [0.2, 0.25) is 5.52 Å². The first kappa shape index (κ1) is 17.8. The maximum atomic E-state index is 5.08. The number of fused-ring (bicyclic) bond motifs is 3. The van der Waals surface area contributed by atoms with Gasteiger partial charge in [-0.05, 0) is 64.6 Å². The van der Waals surface area contributed by atoms with Gasteiger partial charge in [0, 0.05) is 17.3 Å². The van der Waals surface area contributed by atoms with Crippen molar-refractivity contribution < 1.29 is 4.68 Å². The Balaban J connectivity index is 1.62. The van der Waals surface area contributed by atoms with Crippen molar-refractivity contribution in [3.63, 3.8) is 0 Å². The molecule has 0 saturated heterocycles. The first-order valence-electron chi connectivity index (χ1n) is 10.4. The number of nitrogens with zero attached hydrogens (tertiary/aromatic N) is 4. The van der Waals surface area contributed by atoms with E-state index in [4.69, 9.17) is 10.1 Å². The van der Waals surface area contributed by atoms with E-state index in [-0.39, 0.29) is 0 Å². The Morgan fingerprint density at radius 1 is 0.774 bits per heavy atom. The average molecular weight is 401 g/mol. The molecule has 4 nitrogen and oxygen atoms in total. The molecule has 0 aliphatic heterocycles. The first-order chi connectivity index (χ1) is 15.2. The number of aryl methyl sites for hydroxylation is 2. The smallest absolute Gasteiger partial charge is 0.317 e. The third-order valence-electron chi connectivity index (χ3n) is 5.97. The molecule has 0 fully saturated rings. The molecule has 2 heterocycles. The van der Waals surface area contributed by atoms with E-state index in [2.05, 4.69) is 96.6 Å². The summed E-state index contributed by atoms with van der Waals surface area (Å²) in [6.07, 6.45) is 2.13. The summed E-state index contributed by atoms with van der Waals surface area (Å²) >= 11 is 0. The second-order valence-electron chi connectivity index (χ2n) is 7.96. The molecule has 0 amide bonds. The van der Waals surface area contributed by atoms with Crippen LogP contribution in [0.1, 0.15) is 5.56 Å². The third-order valence-corrected chi connectivity index (χ3v) is 5.97. The zero-order chi connectivity index (χ0) is 20.9. The van der Waals surface area contributed by atoms with E-state index in [1.54, 1.807) is 0 Å². The third kappa shape index (κ3) is 2.80. The number of benzene rings is 4. The molecule has 0 bridgehead atoms. The van der Waals surface area contributed by atoms with Crippen molar-refractivity contribution in [1.82, 2.24) is 14.6 Å². The number of para-hydroxylation sites is 1. The Bertz CT molecular complexity index is 1600. The molecule has 0 aliphatic rings. The van der Waals surface area contributed by atoms with Gasteiger partial charge in [-0.1, -0.05) is 53.6 Å². The minimum Gasteiger partial charge on any atom is -0.317 e. The molecule has 6 aromatic rings. The Kier molecular flexibility index (Phi) is 3.87. The highest BCUT2D eigenvalue weighted by molar-refractivity contribution is 5.98. The fourth-order valence-corrected chi connectivity index (χ4v) is 4.44. The van der Waals surface area contributed by atoms with Crippen LogP contribution in [0, 0.1) is 6.92 Å². The molecule has 0 saturated carbocycles. The van der Waals surface area contributed by atoms with Crippen molar-refractivity contribution in [3.05, 3.63) is 96.7 Å². The van der Waals surface area contributed by atoms with Crippen molar-refractivity contribution in [3.8, 4) is 17.1 Å². The van der Waals surface area contributed by atoms with Crippen LogP contribution in [0.5, 0.6) is 0 Å². The quantitative estimate of drug-likeness (QED) is 0.283. The highest BCUT2D eigenvalue weighted by Gasteiger charge is 2.23. The molecule has 2 aromatic heterocycles. The molecule has 0 spiro atoms. The summed E-state index contributed by atoms with van der Waals surface area (Å²) in [5.41, 5.74) is 6.42. The summed E-state index contributed by atoms with van der Waals surface area (Å²) < 4.78 is 4.12. The van der Waals surface area contributed by atoms with Gasteiger partial charge in [0.05, 0.1) is 11.1 Å². The van der Waals surface area contributed by atoms with Crippen LogP contribution in [-0.4, -0.2) is 14.6 Å². The SMILES string of the molecule is Cc1ccc2c(ccn2-c2ccccc2)c1-c1nc2cc3ccccc3cc2n[n+]1C. The van der Waals surface area contributed by atoms with Gasteiger partial charge in [0.1, 0.15) is 7.05 Å². The molecule has 4 aromatic carbocycles. The number of hydrogen-bond donors (Lipinski definition) is 0. The minimum atomic E-state index is 0.872. The van der Waals surface area contributed by atoms with E-state index < -0.39 is 0 Å². The Hall–Kier alpha value is -4.05. The van der Waals surface area contributed by atoms with Crippen LogP contribution in [0.3, 0.4) is 0 Å². The van der Waals surface area contributed by atoms with Gasteiger partial charge in [-0.3, -0.25) is 0 Å². The highest BCUT2D eigenvalue weighted by atomic mass is 15.3. The Labute approximate surface area is 180 Å². The number of aromatic nitrogens is 4. The monoisotopic (exact) mass is 401 g/mol. The second kappa shape index (κ2) is 6.74. The normalized spacial score (nSPS) is 11.5. The van der Waals surface area contributed by atoms with Gasteiger partial charge in [-0.2, -0.15) is 0 Å².